The highest BCUT2D eigenvalue weighted by atomic mass is 19.1. The fourth-order valence-electron chi connectivity index (χ4n) is 1.94. The summed E-state index contributed by atoms with van der Waals surface area (Å²) < 4.78 is 14.7. The molecule has 2 rings (SSSR count). The van der Waals surface area contributed by atoms with Gasteiger partial charge < -0.3 is 5.73 Å². The molecule has 0 bridgehead atoms. The van der Waals surface area contributed by atoms with E-state index < -0.39 is 0 Å². The Morgan fingerprint density at radius 3 is 2.65 bits per heavy atom. The molecule has 1 heterocycles. The number of rotatable bonds is 4. The van der Waals surface area contributed by atoms with Gasteiger partial charge in [0.2, 0.25) is 0 Å². The van der Waals surface area contributed by atoms with E-state index in [1.165, 1.54) is 12.1 Å². The third-order valence-electron chi connectivity index (χ3n) is 2.78. The van der Waals surface area contributed by atoms with Crippen LogP contribution in [0.2, 0.25) is 0 Å². The molecule has 0 aliphatic heterocycles. The van der Waals surface area contributed by atoms with Crippen molar-refractivity contribution in [1.29, 1.82) is 0 Å². The average Bonchev–Trinajstić information content (AvgIpc) is 2.69. The van der Waals surface area contributed by atoms with Crippen molar-refractivity contribution in [2.75, 3.05) is 6.54 Å². The third-order valence-corrected chi connectivity index (χ3v) is 2.78. The van der Waals surface area contributed by atoms with E-state index in [-0.39, 0.29) is 5.82 Å². The molecule has 2 aromatic rings. The lowest BCUT2D eigenvalue weighted by molar-refractivity contribution is 0.628. The maximum absolute atomic E-state index is 12.9. The molecule has 0 saturated carbocycles. The van der Waals surface area contributed by atoms with Gasteiger partial charge in [-0.15, -0.1) is 0 Å². The molecular weight excluding hydrogens is 217 g/mol. The summed E-state index contributed by atoms with van der Waals surface area (Å²) in [7, 11) is 1.89. The number of benzene rings is 1. The quantitative estimate of drug-likeness (QED) is 0.879. The first kappa shape index (κ1) is 11.8. The first-order chi connectivity index (χ1) is 8.22. The van der Waals surface area contributed by atoms with Gasteiger partial charge in [-0.3, -0.25) is 4.68 Å². The number of halogens is 1. The minimum atomic E-state index is -0.223. The molecule has 0 saturated heterocycles. The van der Waals surface area contributed by atoms with Gasteiger partial charge >= 0.3 is 0 Å². The average molecular weight is 233 g/mol. The summed E-state index contributed by atoms with van der Waals surface area (Å²) in [5.41, 5.74) is 8.70. The largest absolute Gasteiger partial charge is 0.330 e. The Bertz CT molecular complexity index is 488. The van der Waals surface area contributed by atoms with E-state index in [9.17, 15) is 4.39 Å². The van der Waals surface area contributed by atoms with Crippen LogP contribution in [0.4, 0.5) is 4.39 Å². The Balaban J connectivity index is 2.36. The molecule has 0 amide bonds. The highest BCUT2D eigenvalue weighted by molar-refractivity contribution is 5.63. The van der Waals surface area contributed by atoms with Crippen molar-refractivity contribution in [3.05, 3.63) is 41.8 Å². The van der Waals surface area contributed by atoms with Crippen molar-refractivity contribution in [2.24, 2.45) is 12.8 Å². The van der Waals surface area contributed by atoms with Crippen LogP contribution in [-0.2, 0) is 13.5 Å². The fraction of sp³-hybridized carbons (Fsp3) is 0.308. The third kappa shape index (κ3) is 2.53. The minimum Gasteiger partial charge on any atom is -0.330 e. The van der Waals surface area contributed by atoms with E-state index in [2.05, 4.69) is 5.10 Å². The summed E-state index contributed by atoms with van der Waals surface area (Å²) in [5, 5.41) is 4.25. The van der Waals surface area contributed by atoms with Crippen LogP contribution in [0, 0.1) is 5.82 Å². The molecule has 0 spiro atoms. The summed E-state index contributed by atoms with van der Waals surface area (Å²) >= 11 is 0. The molecule has 0 aliphatic rings. The molecule has 90 valence electrons. The van der Waals surface area contributed by atoms with Crippen LogP contribution in [0.3, 0.4) is 0 Å². The molecule has 1 aromatic carbocycles. The lowest BCUT2D eigenvalue weighted by atomic mass is 10.0. The van der Waals surface area contributed by atoms with Crippen LogP contribution in [0.5, 0.6) is 0 Å². The van der Waals surface area contributed by atoms with Crippen molar-refractivity contribution in [2.45, 2.75) is 12.8 Å². The van der Waals surface area contributed by atoms with Gasteiger partial charge in [-0.1, -0.05) is 0 Å². The molecule has 0 fully saturated rings. The number of nitrogens with zero attached hydrogens (tertiary/aromatic N) is 2. The first-order valence-corrected chi connectivity index (χ1v) is 5.69. The number of nitrogens with two attached hydrogens (primary N) is 1. The number of hydrogen-bond donors (Lipinski definition) is 1. The summed E-state index contributed by atoms with van der Waals surface area (Å²) in [6.45, 7) is 0.664. The molecule has 1 aromatic heterocycles. The normalized spacial score (nSPS) is 10.8. The predicted molar refractivity (Wildman–Crippen MR) is 66.0 cm³/mol. The zero-order valence-electron chi connectivity index (χ0n) is 9.86. The number of aryl methyl sites for hydroxylation is 2. The molecule has 17 heavy (non-hydrogen) atoms. The van der Waals surface area contributed by atoms with Crippen molar-refractivity contribution in [3.8, 4) is 11.3 Å². The van der Waals surface area contributed by atoms with Gasteiger partial charge in [0.05, 0.1) is 11.9 Å². The maximum Gasteiger partial charge on any atom is 0.123 e. The van der Waals surface area contributed by atoms with Gasteiger partial charge in [0.1, 0.15) is 5.82 Å². The lowest BCUT2D eigenvalue weighted by Gasteiger charge is -2.06. The Morgan fingerprint density at radius 2 is 2.00 bits per heavy atom. The Hall–Kier alpha value is -1.68. The second-order valence-electron chi connectivity index (χ2n) is 4.04. The zero-order valence-corrected chi connectivity index (χ0v) is 9.86. The highest BCUT2D eigenvalue weighted by Gasteiger charge is 2.10. The lowest BCUT2D eigenvalue weighted by Crippen LogP contribution is -2.01. The van der Waals surface area contributed by atoms with Crippen LogP contribution in [0.15, 0.2) is 30.5 Å². The van der Waals surface area contributed by atoms with Crippen LogP contribution in [-0.4, -0.2) is 16.3 Å². The van der Waals surface area contributed by atoms with Crippen LogP contribution < -0.4 is 5.73 Å². The number of aromatic nitrogens is 2. The van der Waals surface area contributed by atoms with Gasteiger partial charge in [0.15, 0.2) is 0 Å². The van der Waals surface area contributed by atoms with Gasteiger partial charge in [-0.2, -0.15) is 5.10 Å². The highest BCUT2D eigenvalue weighted by Crippen LogP contribution is 2.24. The monoisotopic (exact) mass is 233 g/mol. The second-order valence-corrected chi connectivity index (χ2v) is 4.04. The molecule has 0 radical (unpaired) electrons. The van der Waals surface area contributed by atoms with Crippen molar-refractivity contribution in [1.82, 2.24) is 9.78 Å². The predicted octanol–water partition coefficient (Wildman–Crippen LogP) is 2.12. The van der Waals surface area contributed by atoms with Crippen LogP contribution >= 0.6 is 0 Å². The van der Waals surface area contributed by atoms with E-state index >= 15 is 0 Å². The molecule has 0 aliphatic carbocycles. The van der Waals surface area contributed by atoms with Gasteiger partial charge in [-0.05, 0) is 49.2 Å². The second kappa shape index (κ2) is 5.10. The van der Waals surface area contributed by atoms with Crippen molar-refractivity contribution < 1.29 is 4.39 Å². The molecule has 2 N–H and O–H groups in total. The smallest absolute Gasteiger partial charge is 0.123 e. The Morgan fingerprint density at radius 1 is 1.29 bits per heavy atom. The first-order valence-electron chi connectivity index (χ1n) is 5.69. The van der Waals surface area contributed by atoms with E-state index in [0.29, 0.717) is 6.54 Å². The summed E-state index contributed by atoms with van der Waals surface area (Å²) in [5.74, 6) is -0.223. The van der Waals surface area contributed by atoms with Crippen molar-refractivity contribution >= 4 is 0 Å². The molecule has 0 unspecified atom stereocenters. The fourth-order valence-corrected chi connectivity index (χ4v) is 1.94. The maximum atomic E-state index is 12.9. The zero-order chi connectivity index (χ0) is 12.3. The van der Waals surface area contributed by atoms with Crippen molar-refractivity contribution in [3.63, 3.8) is 0 Å². The van der Waals surface area contributed by atoms with Gasteiger partial charge in [0.25, 0.3) is 0 Å². The summed E-state index contributed by atoms with van der Waals surface area (Å²) in [4.78, 5) is 0. The Labute approximate surface area is 100 Å². The van der Waals surface area contributed by atoms with Crippen LogP contribution in [0.25, 0.3) is 11.3 Å². The van der Waals surface area contributed by atoms with E-state index in [0.717, 1.165) is 29.7 Å². The molecule has 4 heteroatoms. The molecular formula is C13H16FN3. The van der Waals surface area contributed by atoms with E-state index in [1.54, 1.807) is 12.1 Å². The van der Waals surface area contributed by atoms with Gasteiger partial charge in [-0.25, -0.2) is 4.39 Å². The number of hydrogen-bond acceptors (Lipinski definition) is 2. The topological polar surface area (TPSA) is 43.8 Å². The van der Waals surface area contributed by atoms with Crippen LogP contribution in [0.1, 0.15) is 12.0 Å². The summed E-state index contributed by atoms with van der Waals surface area (Å²) in [6.07, 6.45) is 3.69. The van der Waals surface area contributed by atoms with E-state index in [4.69, 9.17) is 5.73 Å². The molecule has 3 nitrogen and oxygen atoms in total. The SMILES string of the molecule is Cn1ncc(CCCN)c1-c1ccc(F)cc1. The summed E-state index contributed by atoms with van der Waals surface area (Å²) in [6, 6.07) is 6.49. The molecule has 0 atom stereocenters. The van der Waals surface area contributed by atoms with E-state index in [1.807, 2.05) is 17.9 Å². The Kier molecular flexibility index (Phi) is 3.54. The minimum absolute atomic E-state index is 0.223. The van der Waals surface area contributed by atoms with Gasteiger partial charge in [0, 0.05) is 12.6 Å². The standard InChI is InChI=1S/C13H16FN3/c1-17-13(10-4-6-12(14)7-5-10)11(9-16-17)3-2-8-15/h4-7,9H,2-3,8,15H2,1H3.